The molecule has 0 spiro atoms. The summed E-state index contributed by atoms with van der Waals surface area (Å²) in [6, 6.07) is 14.2. The lowest BCUT2D eigenvalue weighted by molar-refractivity contribution is -0.121. The van der Waals surface area contributed by atoms with Crippen LogP contribution in [0.4, 0.5) is 15.8 Å². The van der Waals surface area contributed by atoms with E-state index in [1.54, 1.807) is 23.1 Å². The Labute approximate surface area is 165 Å². The maximum Gasteiger partial charge on any atom is 0.224 e. The highest BCUT2D eigenvalue weighted by molar-refractivity contribution is 5.91. The van der Waals surface area contributed by atoms with Crippen molar-refractivity contribution in [1.82, 2.24) is 5.32 Å². The van der Waals surface area contributed by atoms with Gasteiger partial charge in [0.1, 0.15) is 5.82 Å². The molecule has 0 aliphatic carbocycles. The monoisotopic (exact) mass is 383 g/mol. The zero-order valence-electron chi connectivity index (χ0n) is 16.2. The summed E-state index contributed by atoms with van der Waals surface area (Å²) in [6.45, 7) is 4.32. The maximum absolute atomic E-state index is 13.6. The molecule has 1 fully saturated rings. The molecule has 0 atom stereocenters. The molecule has 1 heterocycles. The third-order valence-corrected chi connectivity index (χ3v) is 4.98. The Morgan fingerprint density at radius 2 is 1.75 bits per heavy atom. The Morgan fingerprint density at radius 1 is 1.07 bits per heavy atom. The highest BCUT2D eigenvalue weighted by Gasteiger charge is 2.15. The van der Waals surface area contributed by atoms with E-state index < -0.39 is 0 Å². The second-order valence-electron chi connectivity index (χ2n) is 7.00. The lowest BCUT2D eigenvalue weighted by atomic mass is 10.1. The van der Waals surface area contributed by atoms with Gasteiger partial charge in [-0.2, -0.15) is 0 Å². The highest BCUT2D eigenvalue weighted by atomic mass is 19.1. The molecule has 6 heteroatoms. The van der Waals surface area contributed by atoms with Crippen LogP contribution in [0.1, 0.15) is 25.3 Å². The van der Waals surface area contributed by atoms with Gasteiger partial charge in [0.2, 0.25) is 11.8 Å². The van der Waals surface area contributed by atoms with Crippen molar-refractivity contribution in [3.8, 4) is 0 Å². The van der Waals surface area contributed by atoms with Gasteiger partial charge < -0.3 is 15.1 Å². The standard InChI is InChI=1S/C22H26FN3O2/c1-17(27)26(20-10-8-19(9-11-20)25-13-4-5-14-25)15-12-24-22(28)16-18-6-2-3-7-21(18)23/h2-3,6-11H,4-5,12-16H2,1H3,(H,24,28). The second-order valence-corrected chi connectivity index (χ2v) is 7.00. The van der Waals surface area contributed by atoms with Crippen molar-refractivity contribution in [2.24, 2.45) is 0 Å². The predicted molar refractivity (Wildman–Crippen MR) is 109 cm³/mol. The summed E-state index contributed by atoms with van der Waals surface area (Å²) in [5.74, 6) is -0.739. The number of nitrogens with one attached hydrogen (secondary N) is 1. The lowest BCUT2D eigenvalue weighted by Crippen LogP contribution is -2.38. The van der Waals surface area contributed by atoms with Gasteiger partial charge in [-0.15, -0.1) is 0 Å². The van der Waals surface area contributed by atoms with E-state index >= 15 is 0 Å². The zero-order chi connectivity index (χ0) is 19.9. The summed E-state index contributed by atoms with van der Waals surface area (Å²) in [4.78, 5) is 28.1. The first-order chi connectivity index (χ1) is 13.5. The number of benzene rings is 2. The van der Waals surface area contributed by atoms with Crippen LogP contribution >= 0.6 is 0 Å². The van der Waals surface area contributed by atoms with Crippen molar-refractivity contribution in [2.75, 3.05) is 36.0 Å². The van der Waals surface area contributed by atoms with Gasteiger partial charge >= 0.3 is 0 Å². The van der Waals surface area contributed by atoms with E-state index in [9.17, 15) is 14.0 Å². The largest absolute Gasteiger partial charge is 0.372 e. The van der Waals surface area contributed by atoms with E-state index in [2.05, 4.69) is 10.2 Å². The SMILES string of the molecule is CC(=O)N(CCNC(=O)Cc1ccccc1F)c1ccc(N2CCCC2)cc1. The molecule has 1 aliphatic rings. The number of hydrogen-bond acceptors (Lipinski definition) is 3. The molecule has 2 aromatic rings. The first-order valence-corrected chi connectivity index (χ1v) is 9.68. The quantitative estimate of drug-likeness (QED) is 0.799. The van der Waals surface area contributed by atoms with E-state index in [4.69, 9.17) is 0 Å². The Bertz CT molecular complexity index is 817. The Morgan fingerprint density at radius 3 is 2.39 bits per heavy atom. The number of hydrogen-bond donors (Lipinski definition) is 1. The first-order valence-electron chi connectivity index (χ1n) is 9.68. The summed E-state index contributed by atoms with van der Waals surface area (Å²) in [5, 5.41) is 2.76. The van der Waals surface area contributed by atoms with Gasteiger partial charge in [0.15, 0.2) is 0 Å². The van der Waals surface area contributed by atoms with Crippen molar-refractivity contribution in [1.29, 1.82) is 0 Å². The Balaban J connectivity index is 1.54. The van der Waals surface area contributed by atoms with Gasteiger partial charge in [0, 0.05) is 44.5 Å². The van der Waals surface area contributed by atoms with Crippen LogP contribution in [0.5, 0.6) is 0 Å². The molecule has 5 nitrogen and oxygen atoms in total. The van der Waals surface area contributed by atoms with E-state index in [1.165, 1.54) is 31.5 Å². The summed E-state index contributed by atoms with van der Waals surface area (Å²) in [7, 11) is 0. The fourth-order valence-corrected chi connectivity index (χ4v) is 3.47. The second kappa shape index (κ2) is 9.35. The first kappa shape index (κ1) is 19.9. The van der Waals surface area contributed by atoms with E-state index in [-0.39, 0.29) is 24.1 Å². The summed E-state index contributed by atoms with van der Waals surface area (Å²) in [5.41, 5.74) is 2.34. The molecule has 0 unspecified atom stereocenters. The molecule has 0 saturated carbocycles. The van der Waals surface area contributed by atoms with Crippen LogP contribution in [0.2, 0.25) is 0 Å². The van der Waals surface area contributed by atoms with Crippen molar-refractivity contribution >= 4 is 23.2 Å². The molecule has 0 radical (unpaired) electrons. The van der Waals surface area contributed by atoms with Crippen LogP contribution in [0.25, 0.3) is 0 Å². The van der Waals surface area contributed by atoms with Crippen molar-refractivity contribution in [3.63, 3.8) is 0 Å². The van der Waals surface area contributed by atoms with E-state index in [0.29, 0.717) is 18.7 Å². The van der Waals surface area contributed by atoms with Crippen molar-refractivity contribution < 1.29 is 14.0 Å². The molecule has 1 aliphatic heterocycles. The van der Waals surface area contributed by atoms with Crippen molar-refractivity contribution in [2.45, 2.75) is 26.2 Å². The number of anilines is 2. The van der Waals surface area contributed by atoms with Gasteiger partial charge in [0.05, 0.1) is 6.42 Å². The molecule has 1 saturated heterocycles. The highest BCUT2D eigenvalue weighted by Crippen LogP contribution is 2.24. The van der Waals surface area contributed by atoms with Crippen molar-refractivity contribution in [3.05, 3.63) is 59.9 Å². The third kappa shape index (κ3) is 5.09. The smallest absolute Gasteiger partial charge is 0.224 e. The molecule has 148 valence electrons. The number of carbonyl (C=O) groups excluding carboxylic acids is 2. The fraction of sp³-hybridized carbons (Fsp3) is 0.364. The van der Waals surface area contributed by atoms with Crippen LogP contribution in [-0.4, -0.2) is 38.0 Å². The zero-order valence-corrected chi connectivity index (χ0v) is 16.2. The number of nitrogens with zero attached hydrogens (tertiary/aromatic N) is 2. The molecule has 3 rings (SSSR count). The molecule has 28 heavy (non-hydrogen) atoms. The molecular formula is C22H26FN3O2. The molecule has 0 bridgehead atoms. The van der Waals surface area contributed by atoms with E-state index in [0.717, 1.165) is 18.8 Å². The Hall–Kier alpha value is -2.89. The predicted octanol–water partition coefficient (Wildman–Crippen LogP) is 3.14. The van der Waals surface area contributed by atoms with Gasteiger partial charge in [-0.3, -0.25) is 9.59 Å². The van der Waals surface area contributed by atoms with Crippen LogP contribution in [0.3, 0.4) is 0 Å². The third-order valence-electron chi connectivity index (χ3n) is 4.98. The van der Waals surface area contributed by atoms with Gasteiger partial charge in [-0.25, -0.2) is 4.39 Å². The average Bonchev–Trinajstić information content (AvgIpc) is 3.22. The van der Waals surface area contributed by atoms with Gasteiger partial charge in [0.25, 0.3) is 0 Å². The summed E-state index contributed by atoms with van der Waals surface area (Å²) < 4.78 is 13.6. The lowest BCUT2D eigenvalue weighted by Gasteiger charge is -2.23. The van der Waals surface area contributed by atoms with Crippen LogP contribution in [0.15, 0.2) is 48.5 Å². The number of rotatable bonds is 7. The average molecular weight is 383 g/mol. The van der Waals surface area contributed by atoms with Gasteiger partial charge in [-0.05, 0) is 48.7 Å². The fourth-order valence-electron chi connectivity index (χ4n) is 3.47. The minimum Gasteiger partial charge on any atom is -0.372 e. The van der Waals surface area contributed by atoms with Crippen LogP contribution < -0.4 is 15.1 Å². The molecular weight excluding hydrogens is 357 g/mol. The van der Waals surface area contributed by atoms with Gasteiger partial charge in [-0.1, -0.05) is 18.2 Å². The topological polar surface area (TPSA) is 52.7 Å². The van der Waals surface area contributed by atoms with E-state index in [1.807, 2.05) is 24.3 Å². The number of amides is 2. The summed E-state index contributed by atoms with van der Waals surface area (Å²) >= 11 is 0. The van der Waals surface area contributed by atoms with Crippen LogP contribution in [0, 0.1) is 5.82 Å². The molecule has 0 aromatic heterocycles. The minimum absolute atomic E-state index is 0.0166. The maximum atomic E-state index is 13.6. The molecule has 1 N–H and O–H groups in total. The number of carbonyl (C=O) groups is 2. The van der Waals surface area contributed by atoms with Crippen LogP contribution in [-0.2, 0) is 16.0 Å². The number of halogens is 1. The molecule has 2 amide bonds. The normalized spacial score (nSPS) is 13.4. The molecule has 2 aromatic carbocycles. The minimum atomic E-state index is -0.388. The summed E-state index contributed by atoms with van der Waals surface area (Å²) in [6.07, 6.45) is 2.42. The Kier molecular flexibility index (Phi) is 6.63.